The molecule has 108 valence electrons. The molecule has 1 aliphatic rings. The van der Waals surface area contributed by atoms with Gasteiger partial charge in [0.25, 0.3) is 0 Å². The maximum Gasteiger partial charge on any atom is 0.123 e. The maximum absolute atomic E-state index is 9.01. The monoisotopic (exact) mass is 272 g/mol. The van der Waals surface area contributed by atoms with E-state index in [0.29, 0.717) is 11.6 Å². The second kappa shape index (κ2) is 7.31. The van der Waals surface area contributed by atoms with Gasteiger partial charge in [-0.1, -0.05) is 26.2 Å². The smallest absolute Gasteiger partial charge is 0.123 e. The summed E-state index contributed by atoms with van der Waals surface area (Å²) in [6, 6.07) is 8.38. The van der Waals surface area contributed by atoms with Crippen molar-refractivity contribution in [3.63, 3.8) is 0 Å². The molecule has 2 atom stereocenters. The minimum atomic E-state index is 0.577. The van der Waals surface area contributed by atoms with E-state index in [2.05, 4.69) is 18.3 Å². The van der Waals surface area contributed by atoms with Crippen LogP contribution in [0.15, 0.2) is 18.2 Å². The van der Waals surface area contributed by atoms with Crippen LogP contribution in [0.5, 0.6) is 5.75 Å². The Labute approximate surface area is 121 Å². The summed E-state index contributed by atoms with van der Waals surface area (Å²) in [5, 5.41) is 12.7. The van der Waals surface area contributed by atoms with E-state index in [1.54, 1.807) is 13.2 Å². The first kappa shape index (κ1) is 14.9. The van der Waals surface area contributed by atoms with Crippen molar-refractivity contribution in [3.05, 3.63) is 29.3 Å². The number of nitriles is 1. The SMILES string of the molecule is COc1ccc(C#N)cc1CNC1CCCCCC1C. The molecule has 1 aliphatic carbocycles. The molecular formula is C17H24N2O. The molecule has 1 aromatic rings. The van der Waals surface area contributed by atoms with Gasteiger partial charge >= 0.3 is 0 Å². The van der Waals surface area contributed by atoms with Crippen LogP contribution in [0.2, 0.25) is 0 Å². The summed E-state index contributed by atoms with van der Waals surface area (Å²) >= 11 is 0. The summed E-state index contributed by atoms with van der Waals surface area (Å²) in [7, 11) is 1.68. The zero-order valence-corrected chi connectivity index (χ0v) is 12.5. The van der Waals surface area contributed by atoms with Crippen LogP contribution in [0.25, 0.3) is 0 Å². The third-order valence-electron chi connectivity index (χ3n) is 4.33. The average molecular weight is 272 g/mol. The highest BCUT2D eigenvalue weighted by Crippen LogP contribution is 2.25. The normalized spacial score (nSPS) is 22.9. The molecule has 0 spiro atoms. The predicted octanol–water partition coefficient (Wildman–Crippen LogP) is 3.63. The van der Waals surface area contributed by atoms with E-state index >= 15 is 0 Å². The number of hydrogen-bond donors (Lipinski definition) is 1. The summed E-state index contributed by atoms with van der Waals surface area (Å²) in [5.74, 6) is 1.58. The largest absolute Gasteiger partial charge is 0.496 e. The number of benzene rings is 1. The zero-order chi connectivity index (χ0) is 14.4. The molecule has 3 heteroatoms. The van der Waals surface area contributed by atoms with Crippen molar-refractivity contribution in [2.75, 3.05) is 7.11 Å². The van der Waals surface area contributed by atoms with Gasteiger partial charge in [0.2, 0.25) is 0 Å². The summed E-state index contributed by atoms with van der Waals surface area (Å²) in [6.07, 6.45) is 6.59. The van der Waals surface area contributed by atoms with E-state index in [1.807, 2.05) is 12.1 Å². The first-order valence-corrected chi connectivity index (χ1v) is 7.55. The summed E-state index contributed by atoms with van der Waals surface area (Å²) in [5.41, 5.74) is 1.76. The lowest BCUT2D eigenvalue weighted by molar-refractivity contribution is 0.350. The Morgan fingerprint density at radius 3 is 2.85 bits per heavy atom. The van der Waals surface area contributed by atoms with E-state index in [9.17, 15) is 0 Å². The Morgan fingerprint density at radius 2 is 2.10 bits per heavy atom. The molecule has 0 bridgehead atoms. The van der Waals surface area contributed by atoms with Crippen molar-refractivity contribution in [1.29, 1.82) is 5.26 Å². The van der Waals surface area contributed by atoms with E-state index in [1.165, 1.54) is 32.1 Å². The Balaban J connectivity index is 2.03. The molecule has 0 aromatic heterocycles. The molecule has 1 saturated carbocycles. The number of nitrogens with zero attached hydrogens (tertiary/aromatic N) is 1. The third-order valence-corrected chi connectivity index (χ3v) is 4.33. The van der Waals surface area contributed by atoms with Crippen LogP contribution in [0.4, 0.5) is 0 Å². The summed E-state index contributed by atoms with van der Waals surface area (Å²) in [6.45, 7) is 3.11. The molecule has 2 rings (SSSR count). The lowest BCUT2D eigenvalue weighted by atomic mass is 9.96. The molecule has 1 aromatic carbocycles. The van der Waals surface area contributed by atoms with Crippen molar-refractivity contribution in [3.8, 4) is 11.8 Å². The molecule has 1 fully saturated rings. The Morgan fingerprint density at radius 1 is 1.30 bits per heavy atom. The zero-order valence-electron chi connectivity index (χ0n) is 12.5. The number of ether oxygens (including phenoxy) is 1. The molecule has 0 radical (unpaired) electrons. The van der Waals surface area contributed by atoms with Crippen molar-refractivity contribution in [2.24, 2.45) is 5.92 Å². The number of hydrogen-bond acceptors (Lipinski definition) is 3. The topological polar surface area (TPSA) is 45.0 Å². The fourth-order valence-corrected chi connectivity index (χ4v) is 3.02. The predicted molar refractivity (Wildman–Crippen MR) is 80.6 cm³/mol. The Kier molecular flexibility index (Phi) is 5.43. The minimum Gasteiger partial charge on any atom is -0.496 e. The van der Waals surface area contributed by atoms with Crippen molar-refractivity contribution in [2.45, 2.75) is 51.6 Å². The number of rotatable bonds is 4. The van der Waals surface area contributed by atoms with Crippen LogP contribution < -0.4 is 10.1 Å². The van der Waals surface area contributed by atoms with Crippen molar-refractivity contribution < 1.29 is 4.74 Å². The number of nitrogens with one attached hydrogen (secondary N) is 1. The van der Waals surface area contributed by atoms with Crippen LogP contribution in [0.1, 0.15) is 50.2 Å². The quantitative estimate of drug-likeness (QED) is 0.851. The van der Waals surface area contributed by atoms with Gasteiger partial charge in [0.15, 0.2) is 0 Å². The van der Waals surface area contributed by atoms with Gasteiger partial charge in [-0.3, -0.25) is 0 Å². The molecule has 0 amide bonds. The van der Waals surface area contributed by atoms with Gasteiger partial charge in [-0.15, -0.1) is 0 Å². The lowest BCUT2D eigenvalue weighted by Crippen LogP contribution is -2.33. The van der Waals surface area contributed by atoms with E-state index < -0.39 is 0 Å². The maximum atomic E-state index is 9.01. The first-order chi connectivity index (χ1) is 9.74. The van der Waals surface area contributed by atoms with Crippen molar-refractivity contribution in [1.82, 2.24) is 5.32 Å². The highest BCUT2D eigenvalue weighted by Gasteiger charge is 2.19. The molecule has 2 unspecified atom stereocenters. The van der Waals surface area contributed by atoms with Gasteiger partial charge in [0.05, 0.1) is 18.7 Å². The summed E-state index contributed by atoms with van der Waals surface area (Å²) < 4.78 is 5.39. The van der Waals surface area contributed by atoms with Crippen LogP contribution in [-0.4, -0.2) is 13.2 Å². The molecular weight excluding hydrogens is 248 g/mol. The van der Waals surface area contributed by atoms with E-state index in [-0.39, 0.29) is 0 Å². The molecule has 0 aliphatic heterocycles. The van der Waals surface area contributed by atoms with Gasteiger partial charge in [-0.25, -0.2) is 0 Å². The summed E-state index contributed by atoms with van der Waals surface area (Å²) in [4.78, 5) is 0. The van der Waals surface area contributed by atoms with Crippen LogP contribution in [0, 0.1) is 17.2 Å². The second-order valence-electron chi connectivity index (χ2n) is 5.74. The molecule has 0 heterocycles. The lowest BCUT2D eigenvalue weighted by Gasteiger charge is -2.23. The van der Waals surface area contributed by atoms with Gasteiger partial charge in [-0.2, -0.15) is 5.26 Å². The molecule has 3 nitrogen and oxygen atoms in total. The Bertz CT molecular complexity index is 478. The van der Waals surface area contributed by atoms with E-state index in [0.717, 1.165) is 23.8 Å². The fourth-order valence-electron chi connectivity index (χ4n) is 3.02. The van der Waals surface area contributed by atoms with Gasteiger partial charge < -0.3 is 10.1 Å². The first-order valence-electron chi connectivity index (χ1n) is 7.55. The van der Waals surface area contributed by atoms with Gasteiger partial charge in [0.1, 0.15) is 5.75 Å². The minimum absolute atomic E-state index is 0.577. The van der Waals surface area contributed by atoms with Crippen molar-refractivity contribution >= 4 is 0 Å². The fraction of sp³-hybridized carbons (Fsp3) is 0.588. The van der Waals surface area contributed by atoms with Crippen LogP contribution >= 0.6 is 0 Å². The van der Waals surface area contributed by atoms with Gasteiger partial charge in [-0.05, 0) is 37.0 Å². The van der Waals surface area contributed by atoms with Gasteiger partial charge in [0, 0.05) is 18.2 Å². The standard InChI is InChI=1S/C17H24N2O/c1-13-6-4-3-5-7-16(13)19-12-15-10-14(11-18)8-9-17(15)20-2/h8-10,13,16,19H,3-7,12H2,1-2H3. The van der Waals surface area contributed by atoms with Crippen LogP contribution in [-0.2, 0) is 6.54 Å². The molecule has 0 saturated heterocycles. The van der Waals surface area contributed by atoms with Crippen LogP contribution in [0.3, 0.4) is 0 Å². The highest BCUT2D eigenvalue weighted by molar-refractivity contribution is 5.42. The third kappa shape index (κ3) is 3.74. The molecule has 1 N–H and O–H groups in total. The number of methoxy groups -OCH3 is 1. The Hall–Kier alpha value is -1.53. The van der Waals surface area contributed by atoms with E-state index in [4.69, 9.17) is 10.00 Å². The second-order valence-corrected chi connectivity index (χ2v) is 5.74. The molecule has 20 heavy (non-hydrogen) atoms. The highest BCUT2D eigenvalue weighted by atomic mass is 16.5. The average Bonchev–Trinajstić information content (AvgIpc) is 2.69.